The zero-order valence-corrected chi connectivity index (χ0v) is 22.4. The number of benzene rings is 2. The molecular formula is C29H29N3O9. The number of primary amides is 1. The van der Waals surface area contributed by atoms with E-state index in [2.05, 4.69) is 5.32 Å². The number of phenols is 1. The summed E-state index contributed by atoms with van der Waals surface area (Å²) >= 11 is 0. The van der Waals surface area contributed by atoms with Crippen molar-refractivity contribution < 1.29 is 43.7 Å². The molecule has 214 valence electrons. The number of rotatable bonds is 4. The maximum Gasteiger partial charge on any atom is 0.411 e. The Morgan fingerprint density at radius 1 is 1.00 bits per heavy atom. The maximum atomic E-state index is 14.2. The summed E-state index contributed by atoms with van der Waals surface area (Å²) in [5.74, 6) is -13.7. The summed E-state index contributed by atoms with van der Waals surface area (Å²) in [6, 6.07) is 11.1. The van der Waals surface area contributed by atoms with Crippen LogP contribution in [0.15, 0.2) is 48.5 Å². The topological polar surface area (TPSA) is 193 Å². The first kappa shape index (κ1) is 28.1. The average Bonchev–Trinajstić information content (AvgIpc) is 2.90. The minimum Gasteiger partial charge on any atom is -0.507 e. The van der Waals surface area contributed by atoms with Crippen LogP contribution < -0.4 is 11.1 Å². The third-order valence-corrected chi connectivity index (χ3v) is 8.59. The van der Waals surface area contributed by atoms with Crippen molar-refractivity contribution in [1.29, 1.82) is 0 Å². The Bertz CT molecular complexity index is 1490. The van der Waals surface area contributed by atoms with Crippen LogP contribution in [0.25, 0.3) is 0 Å². The molecule has 0 bridgehead atoms. The maximum absolute atomic E-state index is 14.2. The lowest BCUT2D eigenvalue weighted by Gasteiger charge is -2.56. The number of carbonyl (C=O) groups is 6. The Balaban J connectivity index is 1.72. The number of aliphatic hydroxyl groups is 1. The third kappa shape index (κ3) is 4.05. The quantitative estimate of drug-likeness (QED) is 0.384. The van der Waals surface area contributed by atoms with Crippen LogP contribution in [-0.4, -0.2) is 82.1 Å². The number of para-hydroxylation sites is 1. The molecule has 3 aliphatic carbocycles. The van der Waals surface area contributed by atoms with Gasteiger partial charge in [0.05, 0.1) is 23.4 Å². The number of nitrogens with two attached hydrogens (primary N) is 1. The minimum absolute atomic E-state index is 0.154. The second-order valence-electron chi connectivity index (χ2n) is 11.0. The molecule has 0 heterocycles. The van der Waals surface area contributed by atoms with Gasteiger partial charge in [0.2, 0.25) is 5.91 Å². The summed E-state index contributed by atoms with van der Waals surface area (Å²) < 4.78 is 5.86. The highest BCUT2D eigenvalue weighted by Crippen LogP contribution is 2.55. The Morgan fingerprint density at radius 2 is 1.66 bits per heavy atom. The first-order chi connectivity index (χ1) is 19.3. The van der Waals surface area contributed by atoms with Crippen molar-refractivity contribution in [1.82, 2.24) is 4.90 Å². The fourth-order valence-electron chi connectivity index (χ4n) is 6.86. The SMILES string of the molecule is CC1c2cccc(O)c2C(=O)C2C(=O)C3(O)C(=O)C(C(N)=O)C(=O)C(N(C)C)C3C(OC(=O)Nc3ccccc3)C21. The molecule has 5 N–H and O–H groups in total. The Morgan fingerprint density at radius 3 is 2.27 bits per heavy atom. The molecule has 3 aliphatic rings. The highest BCUT2D eigenvalue weighted by atomic mass is 16.6. The Labute approximate surface area is 234 Å². The van der Waals surface area contributed by atoms with Gasteiger partial charge in [-0.25, -0.2) is 4.79 Å². The Kier molecular flexibility index (Phi) is 6.79. The molecule has 2 fully saturated rings. The molecule has 2 saturated carbocycles. The van der Waals surface area contributed by atoms with Crippen LogP contribution >= 0.6 is 0 Å². The molecule has 12 nitrogen and oxygen atoms in total. The molecule has 0 saturated heterocycles. The number of likely N-dealkylation sites (N-methyl/N-ethyl adjacent to an activating group) is 1. The monoisotopic (exact) mass is 563 g/mol. The molecule has 0 aromatic heterocycles. The summed E-state index contributed by atoms with van der Waals surface area (Å²) in [5, 5.41) is 25.1. The number of hydrogen-bond donors (Lipinski definition) is 4. The molecule has 2 aromatic rings. The molecule has 0 aliphatic heterocycles. The van der Waals surface area contributed by atoms with Crippen molar-refractivity contribution in [3.05, 3.63) is 59.7 Å². The van der Waals surface area contributed by atoms with Gasteiger partial charge < -0.3 is 20.7 Å². The van der Waals surface area contributed by atoms with Gasteiger partial charge in [0.25, 0.3) is 0 Å². The number of ketones is 4. The summed E-state index contributed by atoms with van der Waals surface area (Å²) in [5.41, 5.74) is 2.87. The van der Waals surface area contributed by atoms with E-state index in [1.807, 2.05) is 0 Å². The van der Waals surface area contributed by atoms with E-state index in [1.54, 1.807) is 43.3 Å². The van der Waals surface area contributed by atoms with Crippen LogP contribution in [0.3, 0.4) is 0 Å². The van der Waals surface area contributed by atoms with Gasteiger partial charge in [-0.3, -0.25) is 34.2 Å². The summed E-state index contributed by atoms with van der Waals surface area (Å²) in [6.07, 6.45) is -2.57. The molecular weight excluding hydrogens is 534 g/mol. The standard InChI is InChI=1S/C29H29N3O9/c1-12-14-10-7-11-15(33)17(14)22(34)18-16(12)24(41-28(39)31-13-8-5-4-6-9-13)20-21(32(2)3)23(35)19(27(30)38)26(37)29(20,40)25(18)36/h4-12,16,18-21,24,33,40H,1-3H3,(H2,30,38)(H,31,39). The van der Waals surface area contributed by atoms with Crippen molar-refractivity contribution in [2.45, 2.75) is 30.6 Å². The molecule has 0 radical (unpaired) electrons. The van der Waals surface area contributed by atoms with E-state index in [0.717, 1.165) is 0 Å². The van der Waals surface area contributed by atoms with Gasteiger partial charge in [-0.2, -0.15) is 0 Å². The first-order valence-electron chi connectivity index (χ1n) is 13.0. The van der Waals surface area contributed by atoms with E-state index in [1.165, 1.54) is 31.1 Å². The second kappa shape index (κ2) is 9.89. The van der Waals surface area contributed by atoms with Gasteiger partial charge in [0.15, 0.2) is 34.7 Å². The predicted molar refractivity (Wildman–Crippen MR) is 142 cm³/mol. The molecule has 2 amide bonds. The fourth-order valence-corrected chi connectivity index (χ4v) is 6.86. The number of fused-ring (bicyclic) bond motifs is 3. The highest BCUT2D eigenvalue weighted by molar-refractivity contribution is 6.32. The van der Waals surface area contributed by atoms with Crippen molar-refractivity contribution in [2.24, 2.45) is 29.4 Å². The number of amides is 2. The molecule has 0 spiro atoms. The molecule has 8 atom stereocenters. The predicted octanol–water partition coefficient (Wildman–Crippen LogP) is 0.655. The summed E-state index contributed by atoms with van der Waals surface area (Å²) in [7, 11) is 2.88. The molecule has 12 heteroatoms. The van der Waals surface area contributed by atoms with E-state index in [0.29, 0.717) is 11.3 Å². The first-order valence-corrected chi connectivity index (χ1v) is 13.0. The summed E-state index contributed by atoms with van der Waals surface area (Å²) in [4.78, 5) is 82.1. The van der Waals surface area contributed by atoms with Gasteiger partial charge >= 0.3 is 6.09 Å². The third-order valence-electron chi connectivity index (χ3n) is 8.59. The minimum atomic E-state index is -3.08. The zero-order chi connectivity index (χ0) is 30.0. The van der Waals surface area contributed by atoms with Gasteiger partial charge in [0.1, 0.15) is 11.9 Å². The number of ether oxygens (including phenoxy) is 1. The van der Waals surface area contributed by atoms with E-state index in [-0.39, 0.29) is 5.56 Å². The van der Waals surface area contributed by atoms with Gasteiger partial charge in [-0.15, -0.1) is 0 Å². The van der Waals surface area contributed by atoms with Crippen molar-refractivity contribution >= 4 is 40.8 Å². The van der Waals surface area contributed by atoms with Crippen LogP contribution in [0.2, 0.25) is 0 Å². The number of carbonyl (C=O) groups excluding carboxylic acids is 6. The number of aromatic hydroxyl groups is 1. The number of nitrogens with one attached hydrogen (secondary N) is 1. The number of anilines is 1. The van der Waals surface area contributed by atoms with Crippen molar-refractivity contribution in [2.75, 3.05) is 19.4 Å². The number of hydrogen-bond acceptors (Lipinski definition) is 10. The van der Waals surface area contributed by atoms with Crippen LogP contribution in [-0.2, 0) is 23.9 Å². The van der Waals surface area contributed by atoms with Crippen LogP contribution in [0.5, 0.6) is 5.75 Å². The number of nitrogens with zero attached hydrogens (tertiary/aromatic N) is 1. The van der Waals surface area contributed by atoms with E-state index < -0.39 is 88.2 Å². The molecule has 2 aromatic carbocycles. The molecule has 8 unspecified atom stereocenters. The largest absolute Gasteiger partial charge is 0.507 e. The smallest absolute Gasteiger partial charge is 0.411 e. The van der Waals surface area contributed by atoms with Gasteiger partial charge in [-0.1, -0.05) is 37.3 Å². The van der Waals surface area contributed by atoms with E-state index in [4.69, 9.17) is 10.5 Å². The van der Waals surface area contributed by atoms with Crippen LogP contribution in [0.4, 0.5) is 10.5 Å². The van der Waals surface area contributed by atoms with Gasteiger partial charge in [0, 0.05) is 11.6 Å². The molecule has 5 rings (SSSR count). The lowest BCUT2D eigenvalue weighted by molar-refractivity contribution is -0.196. The van der Waals surface area contributed by atoms with E-state index in [9.17, 15) is 39.0 Å². The lowest BCUT2D eigenvalue weighted by Crippen LogP contribution is -2.78. The van der Waals surface area contributed by atoms with Crippen molar-refractivity contribution in [3.63, 3.8) is 0 Å². The van der Waals surface area contributed by atoms with Crippen molar-refractivity contribution in [3.8, 4) is 5.75 Å². The fraction of sp³-hybridized carbons (Fsp3) is 0.379. The lowest BCUT2D eigenvalue weighted by atomic mass is 9.49. The summed E-state index contributed by atoms with van der Waals surface area (Å²) in [6.45, 7) is 1.66. The highest BCUT2D eigenvalue weighted by Gasteiger charge is 2.74. The number of phenolic OH excluding ortho intramolecular Hbond substituents is 1. The number of Topliss-reactive ketones (excluding diaryl/α,β-unsaturated/α-hetero) is 4. The zero-order valence-electron chi connectivity index (χ0n) is 22.4. The molecule has 41 heavy (non-hydrogen) atoms. The normalized spacial score (nSPS) is 32.6. The van der Waals surface area contributed by atoms with Gasteiger partial charge in [-0.05, 0) is 43.8 Å². The van der Waals surface area contributed by atoms with Crippen LogP contribution in [0.1, 0.15) is 28.8 Å². The van der Waals surface area contributed by atoms with Crippen LogP contribution in [0, 0.1) is 23.7 Å². The average molecular weight is 564 g/mol. The van der Waals surface area contributed by atoms with E-state index >= 15 is 0 Å². The second-order valence-corrected chi connectivity index (χ2v) is 11.0. The Hall–Kier alpha value is -4.42.